The van der Waals surface area contributed by atoms with Crippen molar-refractivity contribution in [2.75, 3.05) is 30.5 Å². The molecule has 0 fully saturated rings. The number of nitrogen functional groups attached to an aromatic ring is 2. The molecule has 0 aliphatic carbocycles. The molecule has 136 valence electrons. The first kappa shape index (κ1) is 16.8. The molecule has 0 saturated heterocycles. The Balaban J connectivity index is 2.00. The van der Waals surface area contributed by atoms with E-state index in [2.05, 4.69) is 15.0 Å². The monoisotopic (exact) mass is 359 g/mol. The Morgan fingerprint density at radius 2 is 1.59 bits per heavy atom. The van der Waals surface area contributed by atoms with Gasteiger partial charge in [-0.3, -0.25) is 4.57 Å². The molecule has 27 heavy (non-hydrogen) atoms. The molecule has 4 rings (SSSR count). The van der Waals surface area contributed by atoms with E-state index in [1.54, 1.807) is 0 Å². The largest absolute Gasteiger partial charge is 0.383 e. The van der Waals surface area contributed by atoms with Crippen LogP contribution in [0.15, 0.2) is 48.5 Å². The molecule has 0 aliphatic rings. The molecule has 0 atom stereocenters. The molecule has 0 saturated carbocycles. The van der Waals surface area contributed by atoms with Gasteiger partial charge in [-0.05, 0) is 36.8 Å². The van der Waals surface area contributed by atoms with Crippen LogP contribution in [0.1, 0.15) is 5.82 Å². The highest BCUT2D eigenvalue weighted by atomic mass is 15.2. The topological polar surface area (TPSA) is 98.9 Å². The lowest BCUT2D eigenvalue weighted by Gasteiger charge is -2.16. The molecule has 0 unspecified atom stereocenters. The Bertz CT molecular complexity index is 1130. The zero-order valence-corrected chi connectivity index (χ0v) is 15.5. The van der Waals surface area contributed by atoms with Gasteiger partial charge in [-0.2, -0.15) is 9.97 Å². The Hall–Kier alpha value is -3.61. The molecular formula is C20H21N7. The zero-order chi connectivity index (χ0) is 19.1. The quantitative estimate of drug-likeness (QED) is 0.583. The number of rotatable bonds is 3. The minimum Gasteiger partial charge on any atom is -0.383 e. The van der Waals surface area contributed by atoms with Crippen LogP contribution in [0, 0.1) is 6.92 Å². The lowest BCUT2D eigenvalue weighted by molar-refractivity contribution is 0.952. The average Bonchev–Trinajstić information content (AvgIpc) is 2.96. The second-order valence-corrected chi connectivity index (χ2v) is 6.59. The van der Waals surface area contributed by atoms with E-state index in [1.165, 1.54) is 0 Å². The predicted molar refractivity (Wildman–Crippen MR) is 110 cm³/mol. The molecular weight excluding hydrogens is 338 g/mol. The van der Waals surface area contributed by atoms with E-state index < -0.39 is 0 Å². The molecule has 2 aromatic heterocycles. The summed E-state index contributed by atoms with van der Waals surface area (Å²) in [7, 11) is 4.00. The number of fused-ring (bicyclic) bond motifs is 1. The standard InChI is InChI=1S/C20H21N7/c1-12-23-15-6-4-5-7-16(15)27(12)19-17(18(21)24-20(22)25-19)13-8-10-14(11-9-13)26(2)3/h4-11H,1-3H3,(H4,21,22,24,25). The summed E-state index contributed by atoms with van der Waals surface area (Å²) in [6, 6.07) is 16.0. The second-order valence-electron chi connectivity index (χ2n) is 6.59. The third kappa shape index (κ3) is 2.83. The SMILES string of the molecule is Cc1nc2ccccc2n1-c1nc(N)nc(N)c1-c1ccc(N(C)C)cc1. The van der Waals surface area contributed by atoms with Crippen molar-refractivity contribution in [3.8, 4) is 16.9 Å². The Morgan fingerprint density at radius 1 is 0.889 bits per heavy atom. The second kappa shape index (κ2) is 6.28. The van der Waals surface area contributed by atoms with E-state index in [1.807, 2.05) is 79.0 Å². The fourth-order valence-corrected chi connectivity index (χ4v) is 3.26. The predicted octanol–water partition coefficient (Wildman–Crippen LogP) is 3.02. The van der Waals surface area contributed by atoms with Gasteiger partial charge < -0.3 is 16.4 Å². The number of imidazole rings is 1. The molecule has 0 aliphatic heterocycles. The smallest absolute Gasteiger partial charge is 0.224 e. The molecule has 4 N–H and O–H groups in total. The maximum absolute atomic E-state index is 6.28. The Morgan fingerprint density at radius 3 is 2.30 bits per heavy atom. The first-order valence-corrected chi connectivity index (χ1v) is 8.61. The van der Waals surface area contributed by atoms with E-state index in [-0.39, 0.29) is 5.95 Å². The van der Waals surface area contributed by atoms with Gasteiger partial charge in [0, 0.05) is 19.8 Å². The van der Waals surface area contributed by atoms with Gasteiger partial charge in [0.05, 0.1) is 16.6 Å². The third-order valence-corrected chi connectivity index (χ3v) is 4.55. The number of hydrogen-bond donors (Lipinski definition) is 2. The number of nitrogens with two attached hydrogens (primary N) is 2. The van der Waals surface area contributed by atoms with Gasteiger partial charge in [0.15, 0.2) is 5.82 Å². The van der Waals surface area contributed by atoms with Crippen molar-refractivity contribution in [2.45, 2.75) is 6.92 Å². The molecule has 0 spiro atoms. The minimum atomic E-state index is 0.133. The molecule has 0 bridgehead atoms. The molecule has 0 radical (unpaired) electrons. The fourth-order valence-electron chi connectivity index (χ4n) is 3.26. The van der Waals surface area contributed by atoms with Crippen molar-refractivity contribution in [2.24, 2.45) is 0 Å². The number of nitrogens with zero attached hydrogens (tertiary/aromatic N) is 5. The van der Waals surface area contributed by atoms with Crippen molar-refractivity contribution in [3.63, 3.8) is 0 Å². The van der Waals surface area contributed by atoms with Crippen LogP contribution in [0.4, 0.5) is 17.5 Å². The molecule has 2 heterocycles. The number of aromatic nitrogens is 4. The van der Waals surface area contributed by atoms with Crippen LogP contribution < -0.4 is 16.4 Å². The Labute approximate surface area is 157 Å². The van der Waals surface area contributed by atoms with E-state index >= 15 is 0 Å². The first-order valence-electron chi connectivity index (χ1n) is 8.61. The number of para-hydroxylation sites is 2. The van der Waals surface area contributed by atoms with Crippen molar-refractivity contribution in [3.05, 3.63) is 54.4 Å². The minimum absolute atomic E-state index is 0.133. The summed E-state index contributed by atoms with van der Waals surface area (Å²) >= 11 is 0. The fraction of sp³-hybridized carbons (Fsp3) is 0.150. The van der Waals surface area contributed by atoms with Crippen molar-refractivity contribution in [1.82, 2.24) is 19.5 Å². The number of anilines is 3. The summed E-state index contributed by atoms with van der Waals surface area (Å²) in [6.07, 6.45) is 0. The normalized spacial score (nSPS) is 11.1. The number of benzene rings is 2. The highest BCUT2D eigenvalue weighted by Gasteiger charge is 2.19. The van der Waals surface area contributed by atoms with Crippen LogP contribution in [0.3, 0.4) is 0 Å². The van der Waals surface area contributed by atoms with E-state index in [0.717, 1.165) is 33.7 Å². The number of aryl methyl sites for hydroxylation is 1. The van der Waals surface area contributed by atoms with E-state index in [9.17, 15) is 0 Å². The van der Waals surface area contributed by atoms with Crippen LogP contribution >= 0.6 is 0 Å². The van der Waals surface area contributed by atoms with Gasteiger partial charge in [0.2, 0.25) is 5.95 Å². The maximum atomic E-state index is 6.28. The van der Waals surface area contributed by atoms with Gasteiger partial charge in [-0.15, -0.1) is 0 Å². The summed E-state index contributed by atoms with van der Waals surface area (Å²) in [6.45, 7) is 1.94. The molecule has 2 aromatic carbocycles. The zero-order valence-electron chi connectivity index (χ0n) is 15.5. The molecule has 7 heteroatoms. The van der Waals surface area contributed by atoms with Gasteiger partial charge in [0.1, 0.15) is 11.6 Å². The highest BCUT2D eigenvalue weighted by Crippen LogP contribution is 2.34. The summed E-state index contributed by atoms with van der Waals surface area (Å²) in [5, 5.41) is 0. The van der Waals surface area contributed by atoms with Crippen LogP contribution in [-0.2, 0) is 0 Å². The lowest BCUT2D eigenvalue weighted by atomic mass is 10.1. The van der Waals surface area contributed by atoms with Crippen LogP contribution in [-0.4, -0.2) is 33.6 Å². The average molecular weight is 359 g/mol. The van der Waals surface area contributed by atoms with Gasteiger partial charge in [-0.25, -0.2) is 4.98 Å². The van der Waals surface area contributed by atoms with Gasteiger partial charge >= 0.3 is 0 Å². The number of hydrogen-bond acceptors (Lipinski definition) is 6. The summed E-state index contributed by atoms with van der Waals surface area (Å²) in [4.78, 5) is 15.4. The Kier molecular flexibility index (Phi) is 3.92. The van der Waals surface area contributed by atoms with E-state index in [4.69, 9.17) is 11.5 Å². The van der Waals surface area contributed by atoms with Gasteiger partial charge in [0.25, 0.3) is 0 Å². The van der Waals surface area contributed by atoms with Crippen LogP contribution in [0.25, 0.3) is 28.0 Å². The summed E-state index contributed by atoms with van der Waals surface area (Å²) in [5.74, 6) is 1.91. The molecule has 4 aromatic rings. The van der Waals surface area contributed by atoms with Crippen molar-refractivity contribution in [1.29, 1.82) is 0 Å². The lowest BCUT2D eigenvalue weighted by Crippen LogP contribution is -2.10. The highest BCUT2D eigenvalue weighted by molar-refractivity contribution is 5.86. The first-order chi connectivity index (χ1) is 13.0. The van der Waals surface area contributed by atoms with Gasteiger partial charge in [-0.1, -0.05) is 24.3 Å². The van der Waals surface area contributed by atoms with Crippen molar-refractivity contribution >= 4 is 28.5 Å². The van der Waals surface area contributed by atoms with Crippen LogP contribution in [0.2, 0.25) is 0 Å². The maximum Gasteiger partial charge on any atom is 0.224 e. The molecule has 7 nitrogen and oxygen atoms in total. The van der Waals surface area contributed by atoms with Crippen molar-refractivity contribution < 1.29 is 0 Å². The summed E-state index contributed by atoms with van der Waals surface area (Å²) in [5.41, 5.74) is 16.8. The van der Waals surface area contributed by atoms with E-state index in [0.29, 0.717) is 11.6 Å². The molecule has 0 amide bonds. The summed E-state index contributed by atoms with van der Waals surface area (Å²) < 4.78 is 1.97. The third-order valence-electron chi connectivity index (χ3n) is 4.55. The van der Waals surface area contributed by atoms with Crippen LogP contribution in [0.5, 0.6) is 0 Å².